The van der Waals surface area contributed by atoms with Gasteiger partial charge in [0, 0.05) is 0 Å². The Kier molecular flexibility index (Phi) is 5.73. The standard InChI is InChI=1S/C20H16N2O3S2/c1-13(11-14-7-3-2-4-8-14)12-17-19(25)22(20(26)27-17)21-18(24)15-9-5-6-10-16(15)23/h2-12,23H,1H3,(H,21,24)/b13-11+,17-12-. The Morgan fingerprint density at radius 3 is 2.52 bits per heavy atom. The number of phenolic OH excluding ortho intramolecular Hbond substituents is 1. The number of nitrogens with zero attached hydrogens (tertiary/aromatic N) is 1. The van der Waals surface area contributed by atoms with Crippen LogP contribution in [-0.2, 0) is 4.79 Å². The average Bonchev–Trinajstić information content (AvgIpc) is 2.90. The lowest BCUT2D eigenvalue weighted by atomic mass is 10.1. The summed E-state index contributed by atoms with van der Waals surface area (Å²) in [5.74, 6) is -1.19. The largest absolute Gasteiger partial charge is 0.507 e. The lowest BCUT2D eigenvalue weighted by molar-refractivity contribution is -0.123. The molecule has 27 heavy (non-hydrogen) atoms. The molecule has 2 aromatic rings. The summed E-state index contributed by atoms with van der Waals surface area (Å²) in [4.78, 5) is 25.3. The van der Waals surface area contributed by atoms with Crippen molar-refractivity contribution in [3.8, 4) is 5.75 Å². The smallest absolute Gasteiger partial charge is 0.285 e. The molecule has 2 aromatic carbocycles. The summed E-state index contributed by atoms with van der Waals surface area (Å²) < 4.78 is 0.225. The number of hydrazine groups is 1. The number of nitrogens with one attached hydrogen (secondary N) is 1. The van der Waals surface area contributed by atoms with Crippen molar-refractivity contribution in [2.24, 2.45) is 0 Å². The summed E-state index contributed by atoms with van der Waals surface area (Å²) in [6.45, 7) is 1.89. The van der Waals surface area contributed by atoms with Gasteiger partial charge in [0.05, 0.1) is 10.5 Å². The molecule has 5 nitrogen and oxygen atoms in total. The Labute approximate surface area is 166 Å². The number of carbonyl (C=O) groups is 2. The summed E-state index contributed by atoms with van der Waals surface area (Å²) in [5, 5.41) is 10.8. The van der Waals surface area contributed by atoms with E-state index in [0.717, 1.165) is 27.9 Å². The normalized spacial score (nSPS) is 16.1. The van der Waals surface area contributed by atoms with Crippen LogP contribution in [0.15, 0.2) is 71.2 Å². The Bertz CT molecular complexity index is 968. The molecule has 136 valence electrons. The molecule has 1 aliphatic rings. The van der Waals surface area contributed by atoms with Gasteiger partial charge in [-0.2, -0.15) is 5.01 Å². The molecule has 2 N–H and O–H groups in total. The second-order valence-electron chi connectivity index (χ2n) is 5.77. The van der Waals surface area contributed by atoms with Gasteiger partial charge in [-0.15, -0.1) is 0 Å². The van der Waals surface area contributed by atoms with Gasteiger partial charge in [0.15, 0.2) is 4.32 Å². The molecular weight excluding hydrogens is 380 g/mol. The molecule has 7 heteroatoms. The third-order valence-corrected chi connectivity index (χ3v) is 5.01. The van der Waals surface area contributed by atoms with Crippen LogP contribution in [0.2, 0.25) is 0 Å². The maximum atomic E-state index is 12.6. The van der Waals surface area contributed by atoms with Crippen LogP contribution >= 0.6 is 24.0 Å². The molecule has 1 saturated heterocycles. The first kappa shape index (κ1) is 18.9. The monoisotopic (exact) mass is 396 g/mol. The molecule has 3 rings (SSSR count). The minimum absolute atomic E-state index is 0.0654. The molecule has 0 bridgehead atoms. The van der Waals surface area contributed by atoms with E-state index in [1.165, 1.54) is 12.1 Å². The van der Waals surface area contributed by atoms with Crippen molar-refractivity contribution in [2.75, 3.05) is 0 Å². The summed E-state index contributed by atoms with van der Waals surface area (Å²) in [6.07, 6.45) is 3.69. The molecule has 0 atom stereocenters. The van der Waals surface area contributed by atoms with E-state index in [1.54, 1.807) is 18.2 Å². The van der Waals surface area contributed by atoms with Crippen molar-refractivity contribution >= 4 is 46.2 Å². The zero-order valence-corrected chi connectivity index (χ0v) is 16.0. The van der Waals surface area contributed by atoms with Crippen molar-refractivity contribution in [3.05, 3.63) is 82.3 Å². The average molecular weight is 396 g/mol. The first-order valence-corrected chi connectivity index (χ1v) is 9.28. The second-order valence-corrected chi connectivity index (χ2v) is 7.45. The Balaban J connectivity index is 1.76. The van der Waals surface area contributed by atoms with Crippen molar-refractivity contribution in [1.82, 2.24) is 10.4 Å². The fourth-order valence-electron chi connectivity index (χ4n) is 2.45. The van der Waals surface area contributed by atoms with Crippen LogP contribution < -0.4 is 5.43 Å². The van der Waals surface area contributed by atoms with E-state index < -0.39 is 11.8 Å². The Morgan fingerprint density at radius 1 is 1.15 bits per heavy atom. The molecule has 0 unspecified atom stereocenters. The molecule has 0 spiro atoms. The van der Waals surface area contributed by atoms with E-state index in [1.807, 2.05) is 43.3 Å². The highest BCUT2D eigenvalue weighted by Gasteiger charge is 2.34. The molecule has 0 aromatic heterocycles. The van der Waals surface area contributed by atoms with Gasteiger partial charge < -0.3 is 5.11 Å². The number of allylic oxidation sites excluding steroid dienone is 2. The molecule has 0 saturated carbocycles. The maximum absolute atomic E-state index is 12.6. The van der Waals surface area contributed by atoms with Crippen LogP contribution in [0.1, 0.15) is 22.8 Å². The third-order valence-electron chi connectivity index (χ3n) is 3.71. The highest BCUT2D eigenvalue weighted by Crippen LogP contribution is 2.31. The highest BCUT2D eigenvalue weighted by atomic mass is 32.2. The van der Waals surface area contributed by atoms with Crippen LogP contribution in [0, 0.1) is 0 Å². The molecule has 2 amide bonds. The van der Waals surface area contributed by atoms with Crippen LogP contribution in [0.3, 0.4) is 0 Å². The van der Waals surface area contributed by atoms with Crippen molar-refractivity contribution in [3.63, 3.8) is 0 Å². The first-order chi connectivity index (χ1) is 13.0. The van der Waals surface area contributed by atoms with Gasteiger partial charge in [-0.1, -0.05) is 60.3 Å². The van der Waals surface area contributed by atoms with E-state index in [2.05, 4.69) is 5.43 Å². The summed E-state index contributed by atoms with van der Waals surface area (Å²) in [5.41, 5.74) is 4.42. The fourth-order valence-corrected chi connectivity index (χ4v) is 3.68. The van der Waals surface area contributed by atoms with Crippen LogP contribution in [0.4, 0.5) is 0 Å². The number of aromatic hydroxyl groups is 1. The number of rotatable bonds is 4. The zero-order chi connectivity index (χ0) is 19.4. The highest BCUT2D eigenvalue weighted by molar-refractivity contribution is 8.26. The quantitative estimate of drug-likeness (QED) is 0.606. The first-order valence-electron chi connectivity index (χ1n) is 8.06. The second kappa shape index (κ2) is 8.20. The van der Waals surface area contributed by atoms with Gasteiger partial charge in [-0.25, -0.2) is 0 Å². The van der Waals surface area contributed by atoms with Gasteiger partial charge in [0.25, 0.3) is 11.8 Å². The Hall–Kier alpha value is -2.90. The predicted molar refractivity (Wildman–Crippen MR) is 111 cm³/mol. The molecule has 1 aliphatic heterocycles. The fraction of sp³-hybridized carbons (Fsp3) is 0.0500. The number of para-hydroxylation sites is 1. The minimum Gasteiger partial charge on any atom is -0.507 e. The van der Waals surface area contributed by atoms with Gasteiger partial charge in [0.1, 0.15) is 5.75 Å². The van der Waals surface area contributed by atoms with Gasteiger partial charge in [0.2, 0.25) is 0 Å². The summed E-state index contributed by atoms with van der Waals surface area (Å²) in [7, 11) is 0. The molecule has 1 fully saturated rings. The van der Waals surface area contributed by atoms with E-state index in [-0.39, 0.29) is 15.6 Å². The number of amides is 2. The van der Waals surface area contributed by atoms with E-state index >= 15 is 0 Å². The van der Waals surface area contributed by atoms with Gasteiger partial charge in [-0.05, 0) is 48.5 Å². The number of carbonyl (C=O) groups excluding carboxylic acids is 2. The van der Waals surface area contributed by atoms with Crippen LogP contribution in [0.5, 0.6) is 5.75 Å². The third kappa shape index (κ3) is 4.45. The van der Waals surface area contributed by atoms with Crippen molar-refractivity contribution in [1.29, 1.82) is 0 Å². The summed E-state index contributed by atoms with van der Waals surface area (Å²) >= 11 is 6.32. The van der Waals surface area contributed by atoms with Crippen LogP contribution in [-0.4, -0.2) is 26.3 Å². The van der Waals surface area contributed by atoms with Gasteiger partial charge in [-0.3, -0.25) is 15.0 Å². The minimum atomic E-state index is -0.609. The van der Waals surface area contributed by atoms with Crippen LogP contribution in [0.25, 0.3) is 6.08 Å². The molecule has 0 radical (unpaired) electrons. The van der Waals surface area contributed by atoms with E-state index in [0.29, 0.717) is 4.91 Å². The van der Waals surface area contributed by atoms with Crippen molar-refractivity contribution in [2.45, 2.75) is 6.92 Å². The van der Waals surface area contributed by atoms with E-state index in [4.69, 9.17) is 12.2 Å². The molecule has 1 heterocycles. The SMILES string of the molecule is CC(/C=C1\SC(=S)N(NC(=O)c2ccccc2O)C1=O)=C\c1ccccc1. The molecular formula is C20H16N2O3S2. The lowest BCUT2D eigenvalue weighted by Gasteiger charge is -2.16. The predicted octanol–water partition coefficient (Wildman–Crippen LogP) is 3.88. The zero-order valence-electron chi connectivity index (χ0n) is 14.4. The Morgan fingerprint density at radius 2 is 1.81 bits per heavy atom. The number of hydrogen-bond donors (Lipinski definition) is 2. The number of phenols is 1. The molecule has 0 aliphatic carbocycles. The van der Waals surface area contributed by atoms with E-state index in [9.17, 15) is 14.7 Å². The summed E-state index contributed by atoms with van der Waals surface area (Å²) in [6, 6.07) is 15.8. The number of thioether (sulfide) groups is 1. The van der Waals surface area contributed by atoms with Crippen molar-refractivity contribution < 1.29 is 14.7 Å². The lowest BCUT2D eigenvalue weighted by Crippen LogP contribution is -2.44. The number of hydrogen-bond acceptors (Lipinski definition) is 5. The maximum Gasteiger partial charge on any atom is 0.285 e. The topological polar surface area (TPSA) is 69.6 Å². The van der Waals surface area contributed by atoms with Gasteiger partial charge >= 0.3 is 0 Å². The number of thiocarbonyl (C=S) groups is 1. The number of benzene rings is 2.